The Labute approximate surface area is 123 Å². The van der Waals surface area contributed by atoms with Gasteiger partial charge in [0.25, 0.3) is 5.91 Å². The number of aromatic carboxylic acids is 1. The number of hydrogen-bond acceptors (Lipinski definition) is 5. The summed E-state index contributed by atoms with van der Waals surface area (Å²) in [6.07, 6.45) is 0. The number of para-hydroxylation sites is 1. The van der Waals surface area contributed by atoms with Gasteiger partial charge in [-0.05, 0) is 18.2 Å². The van der Waals surface area contributed by atoms with E-state index in [-0.39, 0.29) is 21.1 Å². The zero-order valence-corrected chi connectivity index (χ0v) is 11.7. The average molecular weight is 306 g/mol. The predicted molar refractivity (Wildman–Crippen MR) is 77.1 cm³/mol. The molecular formula is C13H10N2O5S. The molecule has 21 heavy (non-hydrogen) atoms. The first-order valence-corrected chi connectivity index (χ1v) is 6.58. The molecule has 0 saturated heterocycles. The minimum Gasteiger partial charge on any atom is -0.478 e. The van der Waals surface area contributed by atoms with Crippen LogP contribution in [0.3, 0.4) is 0 Å². The molecule has 0 saturated carbocycles. The molecule has 2 rings (SSSR count). The van der Waals surface area contributed by atoms with E-state index in [1.165, 1.54) is 36.2 Å². The largest absolute Gasteiger partial charge is 0.478 e. The second kappa shape index (κ2) is 5.71. The highest BCUT2D eigenvalue weighted by Crippen LogP contribution is 2.27. The van der Waals surface area contributed by atoms with Crippen molar-refractivity contribution < 1.29 is 19.6 Å². The number of nitrogens with zero attached hydrogens (tertiary/aromatic N) is 2. The number of carboxylic acids is 1. The van der Waals surface area contributed by atoms with Gasteiger partial charge in [0.2, 0.25) is 0 Å². The maximum Gasteiger partial charge on any atom is 0.337 e. The summed E-state index contributed by atoms with van der Waals surface area (Å²) in [5.74, 6) is -1.65. The van der Waals surface area contributed by atoms with Crippen LogP contribution in [0.15, 0.2) is 36.4 Å². The lowest BCUT2D eigenvalue weighted by Crippen LogP contribution is -2.27. The molecule has 0 aliphatic carbocycles. The van der Waals surface area contributed by atoms with Gasteiger partial charge in [-0.3, -0.25) is 14.9 Å². The molecule has 0 unspecified atom stereocenters. The van der Waals surface area contributed by atoms with Crippen LogP contribution in [0.5, 0.6) is 0 Å². The van der Waals surface area contributed by atoms with Crippen molar-refractivity contribution >= 4 is 33.9 Å². The Morgan fingerprint density at radius 1 is 1.24 bits per heavy atom. The van der Waals surface area contributed by atoms with Gasteiger partial charge in [0, 0.05) is 13.1 Å². The Bertz CT molecular complexity index is 725. The number of carbonyl (C=O) groups is 2. The van der Waals surface area contributed by atoms with Crippen molar-refractivity contribution in [1.29, 1.82) is 0 Å². The van der Waals surface area contributed by atoms with E-state index in [1.807, 2.05) is 0 Å². The van der Waals surface area contributed by atoms with Crippen LogP contribution in [0.4, 0.5) is 10.7 Å². The number of benzene rings is 1. The van der Waals surface area contributed by atoms with Crippen molar-refractivity contribution in [3.8, 4) is 0 Å². The molecule has 0 fully saturated rings. The SMILES string of the molecule is CN(C(=O)c1ccc([N+](=O)[O-])s1)c1ccccc1C(=O)O. The lowest BCUT2D eigenvalue weighted by molar-refractivity contribution is -0.380. The van der Waals surface area contributed by atoms with Gasteiger partial charge in [-0.1, -0.05) is 23.5 Å². The first kappa shape index (κ1) is 14.7. The molecule has 1 aromatic heterocycles. The smallest absolute Gasteiger partial charge is 0.337 e. The average Bonchev–Trinajstić information content (AvgIpc) is 2.95. The Kier molecular flexibility index (Phi) is 3.99. The van der Waals surface area contributed by atoms with Gasteiger partial charge in [0.05, 0.1) is 21.1 Å². The molecule has 0 aliphatic heterocycles. The highest BCUT2D eigenvalue weighted by Gasteiger charge is 2.22. The summed E-state index contributed by atoms with van der Waals surface area (Å²) in [5.41, 5.74) is 0.213. The highest BCUT2D eigenvalue weighted by atomic mass is 32.1. The fraction of sp³-hybridized carbons (Fsp3) is 0.0769. The Morgan fingerprint density at radius 3 is 2.48 bits per heavy atom. The van der Waals surface area contributed by atoms with Crippen LogP contribution >= 0.6 is 11.3 Å². The third-order valence-electron chi connectivity index (χ3n) is 2.78. The first-order valence-electron chi connectivity index (χ1n) is 5.76. The van der Waals surface area contributed by atoms with E-state index < -0.39 is 16.8 Å². The summed E-state index contributed by atoms with van der Waals surface area (Å²) in [5, 5.41) is 19.6. The van der Waals surface area contributed by atoms with E-state index in [0.29, 0.717) is 0 Å². The second-order valence-corrected chi connectivity index (χ2v) is 5.14. The highest BCUT2D eigenvalue weighted by molar-refractivity contribution is 7.17. The molecule has 0 aliphatic rings. The topological polar surface area (TPSA) is 101 Å². The molecular weight excluding hydrogens is 296 g/mol. The van der Waals surface area contributed by atoms with Crippen molar-refractivity contribution in [2.24, 2.45) is 0 Å². The van der Waals surface area contributed by atoms with Gasteiger partial charge in [-0.2, -0.15) is 0 Å². The Morgan fingerprint density at radius 2 is 1.90 bits per heavy atom. The monoisotopic (exact) mass is 306 g/mol. The fourth-order valence-corrected chi connectivity index (χ4v) is 2.56. The van der Waals surface area contributed by atoms with Gasteiger partial charge in [-0.15, -0.1) is 0 Å². The number of amides is 1. The quantitative estimate of drug-likeness (QED) is 0.691. The molecule has 1 amide bonds. The standard InChI is InChI=1S/C13H10N2O5S/c1-14(9-5-3-2-4-8(9)13(17)18)12(16)10-6-7-11(21-10)15(19)20/h2-7H,1H3,(H,17,18). The van der Waals surface area contributed by atoms with E-state index in [2.05, 4.69) is 0 Å². The van der Waals surface area contributed by atoms with Crippen LogP contribution in [-0.2, 0) is 0 Å². The molecule has 0 radical (unpaired) electrons. The summed E-state index contributed by atoms with van der Waals surface area (Å²) in [7, 11) is 1.43. The van der Waals surface area contributed by atoms with Crippen LogP contribution in [0, 0.1) is 10.1 Å². The summed E-state index contributed by atoms with van der Waals surface area (Å²) in [6, 6.07) is 8.66. The van der Waals surface area contributed by atoms with E-state index in [9.17, 15) is 19.7 Å². The molecule has 1 N–H and O–H groups in total. The van der Waals surface area contributed by atoms with Crippen LogP contribution in [0.25, 0.3) is 0 Å². The number of rotatable bonds is 4. The minimum absolute atomic E-state index is 0.0144. The van der Waals surface area contributed by atoms with Gasteiger partial charge in [0.15, 0.2) is 0 Å². The maximum atomic E-state index is 12.3. The molecule has 0 spiro atoms. The van der Waals surface area contributed by atoms with Crippen LogP contribution < -0.4 is 4.90 Å². The summed E-state index contributed by atoms with van der Waals surface area (Å²) >= 11 is 0.749. The van der Waals surface area contributed by atoms with Crippen LogP contribution in [0.2, 0.25) is 0 Å². The maximum absolute atomic E-state index is 12.3. The van der Waals surface area contributed by atoms with E-state index in [4.69, 9.17) is 5.11 Å². The van der Waals surface area contributed by atoms with Crippen LogP contribution in [-0.4, -0.2) is 29.0 Å². The van der Waals surface area contributed by atoms with Crippen LogP contribution in [0.1, 0.15) is 20.0 Å². The number of anilines is 1. The van der Waals surface area contributed by atoms with Crippen molar-refractivity contribution in [1.82, 2.24) is 0 Å². The summed E-state index contributed by atoms with van der Waals surface area (Å²) < 4.78 is 0. The number of nitro groups is 1. The van der Waals surface area contributed by atoms with Crippen molar-refractivity contribution in [3.05, 3.63) is 57.0 Å². The predicted octanol–water partition coefficient (Wildman–Crippen LogP) is 2.63. The molecule has 108 valence electrons. The third kappa shape index (κ3) is 2.90. The second-order valence-electron chi connectivity index (χ2n) is 4.08. The molecule has 0 bridgehead atoms. The molecule has 1 heterocycles. The number of hydrogen-bond donors (Lipinski definition) is 1. The molecule has 1 aromatic carbocycles. The van der Waals surface area contributed by atoms with Crippen molar-refractivity contribution in [2.45, 2.75) is 0 Å². The zero-order chi connectivity index (χ0) is 15.6. The molecule has 0 atom stereocenters. The fourth-order valence-electron chi connectivity index (χ4n) is 1.76. The number of carbonyl (C=O) groups excluding carboxylic acids is 1. The lowest BCUT2D eigenvalue weighted by atomic mass is 10.1. The van der Waals surface area contributed by atoms with Gasteiger partial charge in [-0.25, -0.2) is 4.79 Å². The van der Waals surface area contributed by atoms with Crippen molar-refractivity contribution in [2.75, 3.05) is 11.9 Å². The normalized spacial score (nSPS) is 10.1. The third-order valence-corrected chi connectivity index (χ3v) is 3.81. The molecule has 7 nitrogen and oxygen atoms in total. The van der Waals surface area contributed by atoms with Gasteiger partial charge in [0.1, 0.15) is 0 Å². The Hall–Kier alpha value is -2.74. The minimum atomic E-state index is -1.15. The van der Waals surface area contributed by atoms with Gasteiger partial charge >= 0.3 is 11.0 Å². The summed E-state index contributed by atoms with van der Waals surface area (Å²) in [6.45, 7) is 0. The van der Waals surface area contributed by atoms with Crippen molar-refractivity contribution in [3.63, 3.8) is 0 Å². The molecule has 8 heteroatoms. The van der Waals surface area contributed by atoms with E-state index in [0.717, 1.165) is 11.3 Å². The summed E-state index contributed by atoms with van der Waals surface area (Å²) in [4.78, 5) is 34.8. The first-order chi connectivity index (χ1) is 9.91. The Balaban J connectivity index is 2.35. The number of thiophene rings is 1. The van der Waals surface area contributed by atoms with E-state index >= 15 is 0 Å². The zero-order valence-electron chi connectivity index (χ0n) is 10.8. The lowest BCUT2D eigenvalue weighted by Gasteiger charge is -2.18. The molecule has 2 aromatic rings. The number of carboxylic acid groups (broad SMARTS) is 1. The van der Waals surface area contributed by atoms with Gasteiger partial charge < -0.3 is 10.0 Å². The van der Waals surface area contributed by atoms with E-state index in [1.54, 1.807) is 12.1 Å².